The molecule has 1 heterocycles. The third-order valence-electron chi connectivity index (χ3n) is 3.96. The van der Waals surface area contributed by atoms with Gasteiger partial charge in [-0.3, -0.25) is 14.4 Å². The Bertz CT molecular complexity index is 594. The topological polar surface area (TPSA) is 102 Å². The zero-order valence-electron chi connectivity index (χ0n) is 13.8. The number of hydrogen-bond donors (Lipinski definition) is 2. The molecular formula is C17H23N3O4. The van der Waals surface area contributed by atoms with Gasteiger partial charge >= 0.3 is 0 Å². The number of amides is 3. The lowest BCUT2D eigenvalue weighted by molar-refractivity contribution is -0.141. The van der Waals surface area contributed by atoms with Crippen LogP contribution in [0.2, 0.25) is 0 Å². The first-order valence-corrected chi connectivity index (χ1v) is 8.11. The van der Waals surface area contributed by atoms with E-state index in [4.69, 9.17) is 10.5 Å². The summed E-state index contributed by atoms with van der Waals surface area (Å²) in [6, 6.07) is 6.34. The molecule has 0 aliphatic carbocycles. The fourth-order valence-electron chi connectivity index (χ4n) is 2.58. The van der Waals surface area contributed by atoms with E-state index in [1.807, 2.05) is 6.92 Å². The second-order valence-electron chi connectivity index (χ2n) is 5.66. The molecule has 1 aromatic rings. The summed E-state index contributed by atoms with van der Waals surface area (Å²) >= 11 is 0. The summed E-state index contributed by atoms with van der Waals surface area (Å²) < 4.78 is 5.40. The van der Waals surface area contributed by atoms with Crippen LogP contribution < -0.4 is 11.1 Å². The van der Waals surface area contributed by atoms with E-state index in [0.29, 0.717) is 30.9 Å². The molecule has 0 bridgehead atoms. The fraction of sp³-hybridized carbons (Fsp3) is 0.471. The molecule has 2 rings (SSSR count). The van der Waals surface area contributed by atoms with E-state index in [9.17, 15) is 14.4 Å². The molecular weight excluding hydrogens is 310 g/mol. The number of likely N-dealkylation sites (N-methyl/N-ethyl adjacent to an activating group) is 1. The minimum atomic E-state index is -0.515. The van der Waals surface area contributed by atoms with Gasteiger partial charge < -0.3 is 20.7 Å². The second kappa shape index (κ2) is 8.44. The quantitative estimate of drug-likeness (QED) is 0.781. The van der Waals surface area contributed by atoms with Gasteiger partial charge in [0.25, 0.3) is 5.91 Å². The molecule has 1 atom stereocenters. The minimum Gasteiger partial charge on any atom is -0.368 e. The molecule has 0 spiro atoms. The first kappa shape index (κ1) is 17.9. The molecule has 1 aliphatic rings. The Morgan fingerprint density at radius 1 is 1.29 bits per heavy atom. The lowest BCUT2D eigenvalue weighted by Crippen LogP contribution is -2.40. The van der Waals surface area contributed by atoms with Crippen molar-refractivity contribution in [3.8, 4) is 0 Å². The van der Waals surface area contributed by atoms with Crippen molar-refractivity contribution in [2.45, 2.75) is 32.3 Å². The maximum Gasteiger partial charge on any atom is 0.251 e. The zero-order chi connectivity index (χ0) is 17.5. The molecule has 3 amide bonds. The molecule has 130 valence electrons. The summed E-state index contributed by atoms with van der Waals surface area (Å²) in [4.78, 5) is 36.9. The minimum absolute atomic E-state index is 0.0476. The number of nitrogens with one attached hydrogen (secondary N) is 1. The predicted octanol–water partition coefficient (Wildman–Crippen LogP) is 1.14. The Morgan fingerprint density at radius 2 is 2.00 bits per heavy atom. The zero-order valence-corrected chi connectivity index (χ0v) is 13.8. The Balaban J connectivity index is 1.82. The molecule has 1 fully saturated rings. The molecule has 0 saturated carbocycles. The van der Waals surface area contributed by atoms with Crippen molar-refractivity contribution in [3.63, 3.8) is 0 Å². The highest BCUT2D eigenvalue weighted by Crippen LogP contribution is 2.15. The number of hydrogen-bond acceptors (Lipinski definition) is 4. The van der Waals surface area contributed by atoms with Gasteiger partial charge in [-0.2, -0.15) is 0 Å². The van der Waals surface area contributed by atoms with Crippen molar-refractivity contribution < 1.29 is 19.1 Å². The highest BCUT2D eigenvalue weighted by Gasteiger charge is 2.27. The highest BCUT2D eigenvalue weighted by molar-refractivity contribution is 5.95. The van der Waals surface area contributed by atoms with E-state index in [1.54, 1.807) is 29.2 Å². The van der Waals surface area contributed by atoms with Crippen LogP contribution in [0.25, 0.3) is 0 Å². The molecule has 1 aromatic carbocycles. The van der Waals surface area contributed by atoms with Gasteiger partial charge in [0.1, 0.15) is 6.10 Å². The summed E-state index contributed by atoms with van der Waals surface area (Å²) in [6.45, 7) is 3.39. The number of primary amides is 1. The van der Waals surface area contributed by atoms with Crippen LogP contribution in [0.4, 0.5) is 5.69 Å². The van der Waals surface area contributed by atoms with E-state index in [0.717, 1.165) is 12.8 Å². The molecule has 0 aromatic heterocycles. The predicted molar refractivity (Wildman–Crippen MR) is 89.4 cm³/mol. The van der Waals surface area contributed by atoms with Crippen molar-refractivity contribution in [2.75, 3.05) is 25.0 Å². The summed E-state index contributed by atoms with van der Waals surface area (Å²) in [5, 5.41) is 2.74. The van der Waals surface area contributed by atoms with Crippen LogP contribution in [0.15, 0.2) is 24.3 Å². The maximum atomic E-state index is 12.3. The van der Waals surface area contributed by atoms with E-state index in [-0.39, 0.29) is 24.3 Å². The van der Waals surface area contributed by atoms with Crippen molar-refractivity contribution in [1.82, 2.24) is 4.90 Å². The van der Waals surface area contributed by atoms with Crippen molar-refractivity contribution in [1.29, 1.82) is 0 Å². The van der Waals surface area contributed by atoms with Gasteiger partial charge in [-0.25, -0.2) is 0 Å². The number of carbonyl (C=O) groups excluding carboxylic acids is 3. The number of nitrogens with two attached hydrogens (primary N) is 1. The molecule has 1 aliphatic heterocycles. The number of rotatable bonds is 7. The summed E-state index contributed by atoms with van der Waals surface area (Å²) in [5.41, 5.74) is 6.13. The number of ether oxygens (including phenoxy) is 1. The Labute approximate surface area is 141 Å². The molecule has 1 unspecified atom stereocenters. The normalized spacial score (nSPS) is 16.6. The first-order chi connectivity index (χ1) is 11.5. The van der Waals surface area contributed by atoms with Gasteiger partial charge in [0, 0.05) is 37.4 Å². The van der Waals surface area contributed by atoms with Crippen LogP contribution >= 0.6 is 0 Å². The molecule has 7 nitrogen and oxygen atoms in total. The van der Waals surface area contributed by atoms with Crippen molar-refractivity contribution in [3.05, 3.63) is 29.8 Å². The van der Waals surface area contributed by atoms with Gasteiger partial charge in [-0.1, -0.05) is 0 Å². The van der Waals surface area contributed by atoms with Gasteiger partial charge in [0.05, 0.1) is 0 Å². The van der Waals surface area contributed by atoms with Gasteiger partial charge in [0.15, 0.2) is 0 Å². The molecule has 24 heavy (non-hydrogen) atoms. The molecule has 7 heteroatoms. The van der Waals surface area contributed by atoms with Crippen LogP contribution in [0.1, 0.15) is 36.5 Å². The second-order valence-corrected chi connectivity index (χ2v) is 5.66. The van der Waals surface area contributed by atoms with E-state index in [1.165, 1.54) is 0 Å². The van der Waals surface area contributed by atoms with Crippen molar-refractivity contribution in [2.24, 2.45) is 5.73 Å². The Morgan fingerprint density at radius 3 is 2.54 bits per heavy atom. The van der Waals surface area contributed by atoms with E-state index >= 15 is 0 Å². The number of nitrogens with zero attached hydrogens (tertiary/aromatic N) is 1. The van der Waals surface area contributed by atoms with Crippen LogP contribution in [-0.2, 0) is 14.3 Å². The lowest BCUT2D eigenvalue weighted by atomic mass is 10.2. The average Bonchev–Trinajstić information content (AvgIpc) is 3.10. The maximum absolute atomic E-state index is 12.3. The lowest BCUT2D eigenvalue weighted by Gasteiger charge is -2.23. The number of carbonyl (C=O) groups is 3. The molecule has 3 N–H and O–H groups in total. The standard InChI is InChI=1S/C17H23N3O4/c1-2-20(17(23)14-4-3-11-24-14)10-9-15(21)19-13-7-5-12(6-8-13)16(18)22/h5-8,14H,2-4,9-11H2,1H3,(H2,18,22)(H,19,21). The van der Waals surface area contributed by atoms with Crippen LogP contribution in [0.3, 0.4) is 0 Å². The van der Waals surface area contributed by atoms with Crippen LogP contribution in [0.5, 0.6) is 0 Å². The summed E-state index contributed by atoms with van der Waals surface area (Å²) in [5.74, 6) is -0.756. The van der Waals surface area contributed by atoms with Gasteiger partial charge in [0.2, 0.25) is 11.8 Å². The highest BCUT2D eigenvalue weighted by atomic mass is 16.5. The van der Waals surface area contributed by atoms with Gasteiger partial charge in [-0.15, -0.1) is 0 Å². The van der Waals surface area contributed by atoms with Crippen LogP contribution in [0, 0.1) is 0 Å². The van der Waals surface area contributed by atoms with Crippen molar-refractivity contribution >= 4 is 23.4 Å². The summed E-state index contributed by atoms with van der Waals surface area (Å²) in [6.07, 6.45) is 1.47. The molecule has 1 saturated heterocycles. The third kappa shape index (κ3) is 4.79. The SMILES string of the molecule is CCN(CCC(=O)Nc1ccc(C(N)=O)cc1)C(=O)C1CCCO1. The van der Waals surface area contributed by atoms with E-state index < -0.39 is 5.91 Å². The Kier molecular flexibility index (Phi) is 6.31. The number of benzene rings is 1. The molecule has 0 radical (unpaired) electrons. The number of anilines is 1. The van der Waals surface area contributed by atoms with Gasteiger partial charge in [-0.05, 0) is 44.0 Å². The van der Waals surface area contributed by atoms with E-state index in [2.05, 4.69) is 5.32 Å². The largest absolute Gasteiger partial charge is 0.368 e. The average molecular weight is 333 g/mol. The summed E-state index contributed by atoms with van der Waals surface area (Å²) in [7, 11) is 0. The first-order valence-electron chi connectivity index (χ1n) is 8.11. The van der Waals surface area contributed by atoms with Crippen LogP contribution in [-0.4, -0.2) is 48.4 Å². The fourth-order valence-corrected chi connectivity index (χ4v) is 2.58. The Hall–Kier alpha value is -2.41. The third-order valence-corrected chi connectivity index (χ3v) is 3.96. The monoisotopic (exact) mass is 333 g/mol. The smallest absolute Gasteiger partial charge is 0.251 e.